The molecule has 4 unspecified atom stereocenters. The molecule has 0 aliphatic carbocycles. The number of nitrogens with zero attached hydrogens (tertiary/aromatic N) is 2. The zero-order valence-electron chi connectivity index (χ0n) is 29.2. The molecule has 268 valence electrons. The van der Waals surface area contributed by atoms with E-state index in [2.05, 4.69) is 63.6 Å². The van der Waals surface area contributed by atoms with Crippen LogP contribution in [0.25, 0.3) is 11.1 Å². The number of carboxylic acid groups (broad SMARTS) is 1. The summed E-state index contributed by atoms with van der Waals surface area (Å²) in [5, 5.41) is 21.4. The molecule has 9 nitrogen and oxygen atoms in total. The number of ether oxygens (including phenoxy) is 2. The van der Waals surface area contributed by atoms with Gasteiger partial charge in [-0.05, 0) is 98.1 Å². The topological polar surface area (TPSA) is 112 Å². The second kappa shape index (κ2) is 18.1. The van der Waals surface area contributed by atoms with E-state index in [9.17, 15) is 14.7 Å². The highest BCUT2D eigenvalue weighted by molar-refractivity contribution is 5.76. The second-order valence-electron chi connectivity index (χ2n) is 14.2. The number of carbonyl (C=O) groups excluding carboxylic acids is 1. The summed E-state index contributed by atoms with van der Waals surface area (Å²) in [5.74, 6) is -0.818. The molecule has 0 saturated carbocycles. The monoisotopic (exact) mass is 683 g/mol. The van der Waals surface area contributed by atoms with Crippen molar-refractivity contribution < 1.29 is 29.3 Å². The Balaban J connectivity index is 1.13. The number of aliphatic hydroxyl groups excluding tert-OH is 1. The SMILES string of the molecule is O=C(O)CCCCCC(=O)NCc1cccc(-c2cccc(C3OC(CN4CCCC4CN4CCCC4)CC(c4ccc(CO)cc4)O3)c2)c1. The highest BCUT2D eigenvalue weighted by Crippen LogP contribution is 2.39. The van der Waals surface area contributed by atoms with Crippen LogP contribution >= 0.6 is 0 Å². The Morgan fingerprint density at radius 2 is 1.54 bits per heavy atom. The summed E-state index contributed by atoms with van der Waals surface area (Å²) in [6, 6.07) is 25.3. The van der Waals surface area contributed by atoms with E-state index in [4.69, 9.17) is 14.6 Å². The number of carboxylic acids is 1. The molecule has 6 rings (SSSR count). The molecule has 50 heavy (non-hydrogen) atoms. The predicted molar refractivity (Wildman–Crippen MR) is 193 cm³/mol. The fraction of sp³-hybridized carbons (Fsp3) is 0.512. The lowest BCUT2D eigenvalue weighted by Crippen LogP contribution is -2.45. The van der Waals surface area contributed by atoms with Gasteiger partial charge in [-0.15, -0.1) is 0 Å². The number of likely N-dealkylation sites (tertiary alicyclic amines) is 2. The molecule has 4 atom stereocenters. The standard InChI is InChI=1S/C41H53N3O6/c45-29-30-16-18-32(19-17-30)38-25-37(28-44-22-8-13-36(44)27-43-20-4-5-21-43)49-41(50-38)35-12-7-11-34(24-35)33-10-6-9-31(23-33)26-42-39(46)14-2-1-3-15-40(47)48/h6-7,9-12,16-19,23-24,36-38,41,45H,1-5,8,13-15,20-22,25-29H2,(H,42,46)(H,47,48). The smallest absolute Gasteiger partial charge is 0.303 e. The van der Waals surface area contributed by atoms with Crippen LogP contribution in [0.3, 0.4) is 0 Å². The number of aliphatic hydroxyl groups is 1. The van der Waals surface area contributed by atoms with E-state index in [0.29, 0.717) is 31.8 Å². The first-order valence-electron chi connectivity index (χ1n) is 18.6. The molecule has 3 aliphatic rings. The third-order valence-corrected chi connectivity index (χ3v) is 10.4. The van der Waals surface area contributed by atoms with E-state index in [-0.39, 0.29) is 31.1 Å². The number of amides is 1. The Labute approximate surface area is 296 Å². The van der Waals surface area contributed by atoms with Gasteiger partial charge >= 0.3 is 5.97 Å². The van der Waals surface area contributed by atoms with Crippen LogP contribution in [-0.4, -0.2) is 76.8 Å². The maximum atomic E-state index is 12.4. The molecule has 9 heteroatoms. The molecular formula is C41H53N3O6. The lowest BCUT2D eigenvalue weighted by Gasteiger charge is -2.39. The third kappa shape index (κ3) is 10.2. The molecule has 1 amide bonds. The normalized spacial score (nSPS) is 22.9. The number of benzene rings is 3. The Kier molecular flexibility index (Phi) is 13.1. The number of nitrogens with one attached hydrogen (secondary N) is 1. The Hall–Kier alpha value is -3.60. The number of aliphatic carboxylic acids is 1. The zero-order chi connectivity index (χ0) is 34.7. The summed E-state index contributed by atoms with van der Waals surface area (Å²) in [5.41, 5.74) is 6.08. The van der Waals surface area contributed by atoms with E-state index < -0.39 is 12.3 Å². The van der Waals surface area contributed by atoms with E-state index in [1.54, 1.807) is 0 Å². The van der Waals surface area contributed by atoms with Crippen LogP contribution in [0.15, 0.2) is 72.8 Å². The Morgan fingerprint density at radius 1 is 0.780 bits per heavy atom. The van der Waals surface area contributed by atoms with Gasteiger partial charge in [0.2, 0.25) is 5.91 Å². The molecule has 0 radical (unpaired) electrons. The predicted octanol–water partition coefficient (Wildman–Crippen LogP) is 6.60. The number of rotatable bonds is 16. The molecule has 3 saturated heterocycles. The van der Waals surface area contributed by atoms with Gasteiger partial charge in [0.25, 0.3) is 0 Å². The quantitative estimate of drug-likeness (QED) is 0.145. The molecule has 0 spiro atoms. The minimum Gasteiger partial charge on any atom is -0.481 e. The van der Waals surface area contributed by atoms with Crippen LogP contribution in [0.1, 0.15) is 98.9 Å². The van der Waals surface area contributed by atoms with Crippen LogP contribution in [0.5, 0.6) is 0 Å². The molecular weight excluding hydrogens is 630 g/mol. The fourth-order valence-electron chi connectivity index (χ4n) is 7.65. The van der Waals surface area contributed by atoms with Gasteiger partial charge in [-0.1, -0.05) is 67.1 Å². The van der Waals surface area contributed by atoms with Gasteiger partial charge < -0.3 is 29.9 Å². The third-order valence-electron chi connectivity index (χ3n) is 10.4. The minimum absolute atomic E-state index is 0.0169. The molecule has 3 fully saturated rings. The summed E-state index contributed by atoms with van der Waals surface area (Å²) in [7, 11) is 0. The number of hydrogen-bond donors (Lipinski definition) is 3. The highest BCUT2D eigenvalue weighted by atomic mass is 16.7. The summed E-state index contributed by atoms with van der Waals surface area (Å²) in [6.07, 6.45) is 7.80. The van der Waals surface area contributed by atoms with E-state index in [1.165, 1.54) is 38.8 Å². The van der Waals surface area contributed by atoms with Crippen molar-refractivity contribution in [2.75, 3.05) is 32.7 Å². The minimum atomic E-state index is -0.795. The number of hydrogen-bond acceptors (Lipinski definition) is 7. The summed E-state index contributed by atoms with van der Waals surface area (Å²) < 4.78 is 13.5. The lowest BCUT2D eigenvalue weighted by atomic mass is 9.98. The first-order valence-corrected chi connectivity index (χ1v) is 18.6. The highest BCUT2D eigenvalue weighted by Gasteiger charge is 2.36. The van der Waals surface area contributed by atoms with Crippen LogP contribution < -0.4 is 5.32 Å². The van der Waals surface area contributed by atoms with E-state index >= 15 is 0 Å². The van der Waals surface area contributed by atoms with Crippen molar-refractivity contribution in [2.45, 2.75) is 102 Å². The van der Waals surface area contributed by atoms with Crippen molar-refractivity contribution in [1.82, 2.24) is 15.1 Å². The Bertz CT molecular complexity index is 1540. The van der Waals surface area contributed by atoms with Gasteiger partial charge in [0.1, 0.15) is 0 Å². The lowest BCUT2D eigenvalue weighted by molar-refractivity contribution is -0.253. The van der Waals surface area contributed by atoms with Crippen molar-refractivity contribution in [3.8, 4) is 11.1 Å². The zero-order valence-corrected chi connectivity index (χ0v) is 29.2. The number of unbranched alkanes of at least 4 members (excludes halogenated alkanes) is 2. The van der Waals surface area contributed by atoms with Gasteiger partial charge in [-0.25, -0.2) is 0 Å². The molecule has 3 N–H and O–H groups in total. The van der Waals surface area contributed by atoms with Gasteiger partial charge in [-0.2, -0.15) is 0 Å². The molecule has 0 aromatic heterocycles. The van der Waals surface area contributed by atoms with Crippen molar-refractivity contribution in [2.24, 2.45) is 0 Å². The van der Waals surface area contributed by atoms with Gasteiger partial charge in [-0.3, -0.25) is 14.5 Å². The van der Waals surface area contributed by atoms with Crippen molar-refractivity contribution in [3.63, 3.8) is 0 Å². The fourth-order valence-corrected chi connectivity index (χ4v) is 7.65. The van der Waals surface area contributed by atoms with Crippen LogP contribution in [0.4, 0.5) is 0 Å². The Morgan fingerprint density at radius 3 is 2.32 bits per heavy atom. The average Bonchev–Trinajstić information content (AvgIpc) is 3.83. The van der Waals surface area contributed by atoms with Crippen LogP contribution in [-0.2, 0) is 32.2 Å². The number of carbonyl (C=O) groups is 2. The van der Waals surface area contributed by atoms with Gasteiger partial charge in [0.05, 0.1) is 18.8 Å². The van der Waals surface area contributed by atoms with Crippen LogP contribution in [0, 0.1) is 0 Å². The van der Waals surface area contributed by atoms with Crippen molar-refractivity contribution >= 4 is 11.9 Å². The summed E-state index contributed by atoms with van der Waals surface area (Å²) in [4.78, 5) is 28.4. The largest absolute Gasteiger partial charge is 0.481 e. The van der Waals surface area contributed by atoms with Crippen LogP contribution in [0.2, 0.25) is 0 Å². The molecule has 3 aromatic rings. The first kappa shape index (κ1) is 36.2. The molecule has 0 bridgehead atoms. The van der Waals surface area contributed by atoms with Gasteiger partial charge in [0, 0.05) is 50.5 Å². The van der Waals surface area contributed by atoms with E-state index in [1.807, 2.05) is 24.3 Å². The summed E-state index contributed by atoms with van der Waals surface area (Å²) in [6.45, 7) is 6.04. The van der Waals surface area contributed by atoms with Crippen molar-refractivity contribution in [3.05, 3.63) is 95.1 Å². The van der Waals surface area contributed by atoms with Crippen molar-refractivity contribution in [1.29, 1.82) is 0 Å². The van der Waals surface area contributed by atoms with E-state index in [0.717, 1.165) is 65.9 Å². The second-order valence-corrected chi connectivity index (χ2v) is 14.2. The molecule has 3 aliphatic heterocycles. The average molecular weight is 684 g/mol. The maximum absolute atomic E-state index is 12.4. The maximum Gasteiger partial charge on any atom is 0.303 e. The summed E-state index contributed by atoms with van der Waals surface area (Å²) >= 11 is 0. The first-order chi connectivity index (χ1) is 24.4. The molecule has 3 aromatic carbocycles. The molecule has 3 heterocycles. The van der Waals surface area contributed by atoms with Gasteiger partial charge in [0.15, 0.2) is 6.29 Å².